The quantitative estimate of drug-likeness (QED) is 0.860. The third-order valence-electron chi connectivity index (χ3n) is 4.27. The van der Waals surface area contributed by atoms with Gasteiger partial charge in [0.05, 0.1) is 12.7 Å². The molecule has 1 aromatic rings. The number of para-hydroxylation sites is 1. The Morgan fingerprint density at radius 2 is 2.22 bits per heavy atom. The number of benzene rings is 1. The number of ether oxygens (including phenoxy) is 1. The molecule has 0 spiro atoms. The second-order valence-corrected chi connectivity index (χ2v) is 5.61. The summed E-state index contributed by atoms with van der Waals surface area (Å²) in [5.41, 5.74) is 6.88. The Balaban J connectivity index is 2.21. The summed E-state index contributed by atoms with van der Waals surface area (Å²) in [5, 5.41) is 9.94. The molecule has 2 rings (SSSR count). The lowest BCUT2D eigenvalue weighted by atomic mass is 9.73. The molecular formula is C15H23NO2. The SMILES string of the molecule is CC(O)C(C)(CN)CC1CCOc2ccccc21. The zero-order valence-corrected chi connectivity index (χ0v) is 11.2. The van der Waals surface area contributed by atoms with E-state index < -0.39 is 6.10 Å². The van der Waals surface area contributed by atoms with E-state index in [9.17, 15) is 5.11 Å². The lowest BCUT2D eigenvalue weighted by molar-refractivity contribution is 0.0428. The molecule has 0 saturated heterocycles. The van der Waals surface area contributed by atoms with Crippen molar-refractivity contribution in [1.82, 2.24) is 0 Å². The molecule has 1 aliphatic heterocycles. The Labute approximate surface area is 109 Å². The molecule has 0 fully saturated rings. The number of fused-ring (bicyclic) bond motifs is 1. The fourth-order valence-corrected chi connectivity index (χ4v) is 2.62. The number of rotatable bonds is 4. The topological polar surface area (TPSA) is 55.5 Å². The van der Waals surface area contributed by atoms with Crippen LogP contribution >= 0.6 is 0 Å². The third kappa shape index (κ3) is 2.52. The van der Waals surface area contributed by atoms with Gasteiger partial charge in [0.25, 0.3) is 0 Å². The smallest absolute Gasteiger partial charge is 0.122 e. The van der Waals surface area contributed by atoms with E-state index in [0.717, 1.165) is 25.2 Å². The van der Waals surface area contributed by atoms with Crippen molar-refractivity contribution in [3.8, 4) is 5.75 Å². The van der Waals surface area contributed by atoms with Gasteiger partial charge in [-0.05, 0) is 37.3 Å². The molecule has 18 heavy (non-hydrogen) atoms. The second kappa shape index (κ2) is 5.29. The Kier molecular flexibility index (Phi) is 3.93. The summed E-state index contributed by atoms with van der Waals surface area (Å²) >= 11 is 0. The van der Waals surface area contributed by atoms with Crippen LogP contribution in [-0.4, -0.2) is 24.4 Å². The molecule has 1 aromatic carbocycles. The number of hydrogen-bond acceptors (Lipinski definition) is 3. The van der Waals surface area contributed by atoms with E-state index in [1.807, 2.05) is 25.1 Å². The predicted molar refractivity (Wildman–Crippen MR) is 72.8 cm³/mol. The number of aliphatic hydroxyl groups excluding tert-OH is 1. The van der Waals surface area contributed by atoms with Crippen LogP contribution in [0.3, 0.4) is 0 Å². The van der Waals surface area contributed by atoms with Gasteiger partial charge >= 0.3 is 0 Å². The van der Waals surface area contributed by atoms with Gasteiger partial charge in [-0.15, -0.1) is 0 Å². The molecule has 0 saturated carbocycles. The first-order valence-electron chi connectivity index (χ1n) is 6.66. The van der Waals surface area contributed by atoms with Crippen molar-refractivity contribution >= 4 is 0 Å². The first-order valence-corrected chi connectivity index (χ1v) is 6.66. The minimum absolute atomic E-state index is 0.227. The van der Waals surface area contributed by atoms with Gasteiger partial charge in [-0.3, -0.25) is 0 Å². The maximum Gasteiger partial charge on any atom is 0.122 e. The van der Waals surface area contributed by atoms with Gasteiger partial charge < -0.3 is 15.6 Å². The summed E-state index contributed by atoms with van der Waals surface area (Å²) in [6.45, 7) is 5.15. The van der Waals surface area contributed by atoms with E-state index in [0.29, 0.717) is 12.5 Å². The van der Waals surface area contributed by atoms with Crippen molar-refractivity contribution in [3.05, 3.63) is 29.8 Å². The monoisotopic (exact) mass is 249 g/mol. The minimum Gasteiger partial charge on any atom is -0.493 e. The summed E-state index contributed by atoms with van der Waals surface area (Å²) < 4.78 is 5.67. The number of aliphatic hydroxyl groups is 1. The summed E-state index contributed by atoms with van der Waals surface area (Å²) in [6.07, 6.45) is 1.51. The van der Waals surface area contributed by atoms with E-state index in [1.54, 1.807) is 0 Å². The molecule has 1 aliphatic rings. The maximum absolute atomic E-state index is 9.94. The third-order valence-corrected chi connectivity index (χ3v) is 4.27. The van der Waals surface area contributed by atoms with Crippen LogP contribution < -0.4 is 10.5 Å². The standard InChI is InChI=1S/C15H23NO2/c1-11(17)15(2,10-16)9-12-7-8-18-14-6-4-3-5-13(12)14/h3-6,11-12,17H,7-10,16H2,1-2H3. The maximum atomic E-state index is 9.94. The Morgan fingerprint density at radius 1 is 1.50 bits per heavy atom. The highest BCUT2D eigenvalue weighted by Gasteiger charge is 2.34. The predicted octanol–water partition coefficient (Wildman–Crippen LogP) is 2.29. The van der Waals surface area contributed by atoms with Gasteiger partial charge in [-0.2, -0.15) is 0 Å². The van der Waals surface area contributed by atoms with Crippen molar-refractivity contribution in [2.24, 2.45) is 11.1 Å². The summed E-state index contributed by atoms with van der Waals surface area (Å²) in [6, 6.07) is 8.18. The molecule has 3 atom stereocenters. The fourth-order valence-electron chi connectivity index (χ4n) is 2.62. The Bertz CT molecular complexity index is 405. The lowest BCUT2D eigenvalue weighted by Crippen LogP contribution is -2.39. The van der Waals surface area contributed by atoms with Crippen molar-refractivity contribution in [3.63, 3.8) is 0 Å². The molecule has 0 bridgehead atoms. The molecular weight excluding hydrogens is 226 g/mol. The van der Waals surface area contributed by atoms with Crippen molar-refractivity contribution in [2.75, 3.05) is 13.2 Å². The van der Waals surface area contributed by atoms with Crippen molar-refractivity contribution in [1.29, 1.82) is 0 Å². The summed E-state index contributed by atoms with van der Waals surface area (Å²) in [4.78, 5) is 0. The van der Waals surface area contributed by atoms with Gasteiger partial charge in [0.15, 0.2) is 0 Å². The average Bonchev–Trinajstić information content (AvgIpc) is 2.39. The first-order chi connectivity index (χ1) is 8.57. The minimum atomic E-state index is -0.391. The van der Waals surface area contributed by atoms with Crippen molar-refractivity contribution in [2.45, 2.75) is 38.7 Å². The second-order valence-electron chi connectivity index (χ2n) is 5.61. The summed E-state index contributed by atoms with van der Waals surface area (Å²) in [5.74, 6) is 1.41. The highest BCUT2D eigenvalue weighted by atomic mass is 16.5. The van der Waals surface area contributed by atoms with Crippen LogP contribution in [0.1, 0.15) is 38.2 Å². The van der Waals surface area contributed by atoms with Gasteiger partial charge in [0, 0.05) is 12.0 Å². The van der Waals surface area contributed by atoms with Crippen LogP contribution in [0.2, 0.25) is 0 Å². The molecule has 0 aromatic heterocycles. The van der Waals surface area contributed by atoms with Gasteiger partial charge in [0.2, 0.25) is 0 Å². The van der Waals surface area contributed by atoms with E-state index >= 15 is 0 Å². The van der Waals surface area contributed by atoms with Crippen LogP contribution in [0.4, 0.5) is 0 Å². The Morgan fingerprint density at radius 3 is 2.89 bits per heavy atom. The molecule has 3 heteroatoms. The van der Waals surface area contributed by atoms with Crippen LogP contribution in [0, 0.1) is 5.41 Å². The molecule has 0 amide bonds. The fraction of sp³-hybridized carbons (Fsp3) is 0.600. The number of nitrogens with two attached hydrogens (primary N) is 1. The molecule has 0 radical (unpaired) electrons. The highest BCUT2D eigenvalue weighted by Crippen LogP contribution is 2.41. The zero-order chi connectivity index (χ0) is 13.2. The first kappa shape index (κ1) is 13.4. The van der Waals surface area contributed by atoms with E-state index in [2.05, 4.69) is 13.0 Å². The van der Waals surface area contributed by atoms with E-state index in [-0.39, 0.29) is 5.41 Å². The molecule has 0 aliphatic carbocycles. The van der Waals surface area contributed by atoms with Crippen LogP contribution in [0.15, 0.2) is 24.3 Å². The average molecular weight is 249 g/mol. The number of hydrogen-bond donors (Lipinski definition) is 2. The van der Waals surface area contributed by atoms with Gasteiger partial charge in [-0.25, -0.2) is 0 Å². The van der Waals surface area contributed by atoms with Crippen LogP contribution in [0.5, 0.6) is 5.75 Å². The normalized spacial score (nSPS) is 23.7. The van der Waals surface area contributed by atoms with Crippen LogP contribution in [-0.2, 0) is 0 Å². The van der Waals surface area contributed by atoms with E-state index in [4.69, 9.17) is 10.5 Å². The molecule has 3 nitrogen and oxygen atoms in total. The largest absolute Gasteiger partial charge is 0.493 e. The highest BCUT2D eigenvalue weighted by molar-refractivity contribution is 5.37. The molecule has 3 N–H and O–H groups in total. The summed E-state index contributed by atoms with van der Waals surface area (Å²) in [7, 11) is 0. The van der Waals surface area contributed by atoms with Crippen LogP contribution in [0.25, 0.3) is 0 Å². The lowest BCUT2D eigenvalue weighted by Gasteiger charge is -2.37. The van der Waals surface area contributed by atoms with Gasteiger partial charge in [0.1, 0.15) is 5.75 Å². The molecule has 100 valence electrons. The van der Waals surface area contributed by atoms with Crippen molar-refractivity contribution < 1.29 is 9.84 Å². The molecule has 1 heterocycles. The zero-order valence-electron chi connectivity index (χ0n) is 11.2. The van der Waals surface area contributed by atoms with E-state index in [1.165, 1.54) is 5.56 Å². The Hall–Kier alpha value is -1.06. The van der Waals surface area contributed by atoms with Gasteiger partial charge in [-0.1, -0.05) is 25.1 Å². The molecule has 3 unspecified atom stereocenters.